The van der Waals surface area contributed by atoms with Crippen molar-refractivity contribution in [1.29, 1.82) is 0 Å². The highest BCUT2D eigenvalue weighted by molar-refractivity contribution is 6.24. The van der Waals surface area contributed by atoms with Gasteiger partial charge in [-0.25, -0.2) is 4.90 Å². The molecule has 1 saturated carbocycles. The Balaban J connectivity index is 1.49. The van der Waals surface area contributed by atoms with Gasteiger partial charge < -0.3 is 4.90 Å². The molecule has 3 amide bonds. The number of fused-ring (bicyclic) bond motifs is 5. The van der Waals surface area contributed by atoms with Gasteiger partial charge in [-0.1, -0.05) is 37.1 Å². The van der Waals surface area contributed by atoms with Crippen molar-refractivity contribution >= 4 is 23.4 Å². The molecule has 4 atom stereocenters. The molecule has 2 saturated heterocycles. The third kappa shape index (κ3) is 2.47. The maximum absolute atomic E-state index is 13.2. The number of anilines is 1. The number of benzene rings is 1. The van der Waals surface area contributed by atoms with E-state index in [0.717, 1.165) is 45.2 Å². The molecule has 0 spiro atoms. The van der Waals surface area contributed by atoms with Crippen molar-refractivity contribution in [2.45, 2.75) is 32.1 Å². The van der Waals surface area contributed by atoms with Gasteiger partial charge in [-0.05, 0) is 43.2 Å². The van der Waals surface area contributed by atoms with Crippen LogP contribution in [0.3, 0.4) is 0 Å². The summed E-state index contributed by atoms with van der Waals surface area (Å²) >= 11 is 0. The molecule has 0 unspecified atom stereocenters. The predicted molar refractivity (Wildman–Crippen MR) is 101 cm³/mol. The lowest BCUT2D eigenvalue weighted by atomic mass is 9.85. The molecule has 2 bridgehead atoms. The minimum atomic E-state index is -0.242. The summed E-state index contributed by atoms with van der Waals surface area (Å²) in [7, 11) is 0. The average molecular weight is 364 g/mol. The fourth-order valence-electron chi connectivity index (χ4n) is 5.43. The largest absolute Gasteiger partial charge is 0.339 e. The van der Waals surface area contributed by atoms with E-state index < -0.39 is 0 Å². The molecular formula is C22H24N2O3. The second-order valence-electron chi connectivity index (χ2n) is 8.24. The van der Waals surface area contributed by atoms with Crippen molar-refractivity contribution in [3.8, 4) is 0 Å². The molecule has 3 fully saturated rings. The molecule has 2 aliphatic heterocycles. The zero-order valence-corrected chi connectivity index (χ0v) is 15.3. The normalized spacial score (nSPS) is 32.1. The summed E-state index contributed by atoms with van der Waals surface area (Å²) in [6.45, 7) is 1.49. The van der Waals surface area contributed by atoms with Crippen molar-refractivity contribution in [2.75, 3.05) is 18.0 Å². The molecule has 0 N–H and O–H groups in total. The third-order valence-corrected chi connectivity index (χ3v) is 6.74. The molecule has 2 heterocycles. The Hall–Kier alpha value is -2.43. The number of amides is 3. The first kappa shape index (κ1) is 16.7. The molecule has 0 aromatic heterocycles. The number of hydrogen-bond acceptors (Lipinski definition) is 3. The molecular weight excluding hydrogens is 340 g/mol. The summed E-state index contributed by atoms with van der Waals surface area (Å²) in [6, 6.07) is 7.11. The van der Waals surface area contributed by atoms with E-state index in [2.05, 4.69) is 12.2 Å². The molecule has 1 aromatic carbocycles. The first-order valence-corrected chi connectivity index (χ1v) is 10.1. The fraction of sp³-hybridized carbons (Fsp3) is 0.500. The van der Waals surface area contributed by atoms with E-state index >= 15 is 0 Å². The van der Waals surface area contributed by atoms with Gasteiger partial charge in [-0.3, -0.25) is 14.4 Å². The molecule has 5 heteroatoms. The van der Waals surface area contributed by atoms with Gasteiger partial charge in [-0.2, -0.15) is 0 Å². The van der Waals surface area contributed by atoms with Gasteiger partial charge in [0.05, 0.1) is 23.1 Å². The maximum atomic E-state index is 13.2. The van der Waals surface area contributed by atoms with Crippen LogP contribution in [0.25, 0.3) is 0 Å². The molecule has 1 aromatic rings. The number of carbonyl (C=O) groups excluding carboxylic acids is 3. The van der Waals surface area contributed by atoms with Crippen LogP contribution in [0.2, 0.25) is 0 Å². The Labute approximate surface area is 159 Å². The van der Waals surface area contributed by atoms with E-state index in [1.54, 1.807) is 18.2 Å². The third-order valence-electron chi connectivity index (χ3n) is 6.74. The quantitative estimate of drug-likeness (QED) is 0.599. The number of allylic oxidation sites excluding steroid dienone is 2. The number of hydrogen-bond donors (Lipinski definition) is 0. The lowest BCUT2D eigenvalue weighted by Gasteiger charge is -2.24. The van der Waals surface area contributed by atoms with E-state index in [-0.39, 0.29) is 41.4 Å². The zero-order chi connectivity index (χ0) is 18.5. The van der Waals surface area contributed by atoms with Crippen LogP contribution in [-0.4, -0.2) is 35.7 Å². The van der Waals surface area contributed by atoms with Crippen LogP contribution in [0.5, 0.6) is 0 Å². The minimum absolute atomic E-state index is 0.0637. The van der Waals surface area contributed by atoms with Crippen LogP contribution in [0.15, 0.2) is 36.4 Å². The molecule has 0 radical (unpaired) electrons. The van der Waals surface area contributed by atoms with E-state index in [4.69, 9.17) is 0 Å². The molecule has 140 valence electrons. The number of likely N-dealkylation sites (tertiary alicyclic amines) is 1. The van der Waals surface area contributed by atoms with Gasteiger partial charge in [0.15, 0.2) is 0 Å². The topological polar surface area (TPSA) is 57.7 Å². The SMILES string of the molecule is O=C(c1ccccc1N1C(=O)[C@H]2[C@H](C1=O)[C@H]1C=C[C@H]2C1)N1CCCCCC1. The Morgan fingerprint density at radius 3 is 2.07 bits per heavy atom. The molecule has 27 heavy (non-hydrogen) atoms. The van der Waals surface area contributed by atoms with E-state index in [9.17, 15) is 14.4 Å². The predicted octanol–water partition coefficient (Wildman–Crippen LogP) is 3.01. The molecule has 2 aliphatic carbocycles. The monoisotopic (exact) mass is 364 g/mol. The van der Waals surface area contributed by atoms with Crippen LogP contribution >= 0.6 is 0 Å². The summed E-state index contributed by atoms with van der Waals surface area (Å²) in [5, 5.41) is 0. The first-order chi connectivity index (χ1) is 13.2. The van der Waals surface area contributed by atoms with Gasteiger partial charge in [0.2, 0.25) is 11.8 Å². The highest BCUT2D eigenvalue weighted by Gasteiger charge is 2.59. The van der Waals surface area contributed by atoms with Crippen molar-refractivity contribution < 1.29 is 14.4 Å². The summed E-state index contributed by atoms with van der Waals surface area (Å²) in [6.07, 6.45) is 9.41. The van der Waals surface area contributed by atoms with Crippen LogP contribution in [0, 0.1) is 23.7 Å². The number of rotatable bonds is 2. The number of carbonyl (C=O) groups is 3. The average Bonchev–Trinajstić information content (AvgIpc) is 3.28. The van der Waals surface area contributed by atoms with E-state index in [1.165, 1.54) is 4.90 Å². The van der Waals surface area contributed by atoms with Crippen molar-refractivity contribution in [3.05, 3.63) is 42.0 Å². The lowest BCUT2D eigenvalue weighted by molar-refractivity contribution is -0.123. The van der Waals surface area contributed by atoms with Crippen LogP contribution < -0.4 is 4.90 Å². The van der Waals surface area contributed by atoms with Gasteiger partial charge in [-0.15, -0.1) is 0 Å². The standard InChI is InChI=1S/C22H24N2O3/c25-20(23-11-5-1-2-6-12-23)16-7-3-4-8-17(16)24-21(26)18-14-9-10-15(13-14)19(18)22(24)27/h3-4,7-10,14-15,18-19H,1-2,5-6,11-13H2/t14-,15-,18+,19+/m0/s1. The summed E-state index contributed by atoms with van der Waals surface area (Å²) in [4.78, 5) is 42.7. The highest BCUT2D eigenvalue weighted by Crippen LogP contribution is 2.53. The van der Waals surface area contributed by atoms with E-state index in [0.29, 0.717) is 11.3 Å². The maximum Gasteiger partial charge on any atom is 0.255 e. The summed E-state index contributed by atoms with van der Waals surface area (Å²) < 4.78 is 0. The number of imide groups is 1. The molecule has 4 aliphatic rings. The highest BCUT2D eigenvalue weighted by atomic mass is 16.2. The number of para-hydroxylation sites is 1. The summed E-state index contributed by atoms with van der Waals surface area (Å²) in [5.41, 5.74) is 0.942. The second-order valence-corrected chi connectivity index (χ2v) is 8.24. The minimum Gasteiger partial charge on any atom is -0.339 e. The zero-order valence-electron chi connectivity index (χ0n) is 15.3. The molecule has 5 nitrogen and oxygen atoms in total. The van der Waals surface area contributed by atoms with Crippen LogP contribution in [0.1, 0.15) is 42.5 Å². The van der Waals surface area contributed by atoms with Gasteiger partial charge in [0.1, 0.15) is 0 Å². The Morgan fingerprint density at radius 1 is 0.852 bits per heavy atom. The Morgan fingerprint density at radius 2 is 1.44 bits per heavy atom. The van der Waals surface area contributed by atoms with Crippen LogP contribution in [0.4, 0.5) is 5.69 Å². The first-order valence-electron chi connectivity index (χ1n) is 10.1. The van der Waals surface area contributed by atoms with Crippen molar-refractivity contribution in [3.63, 3.8) is 0 Å². The van der Waals surface area contributed by atoms with Crippen LogP contribution in [-0.2, 0) is 9.59 Å². The smallest absolute Gasteiger partial charge is 0.255 e. The Kier molecular flexibility index (Phi) is 3.92. The van der Waals surface area contributed by atoms with Gasteiger partial charge in [0, 0.05) is 13.1 Å². The fourth-order valence-corrected chi connectivity index (χ4v) is 5.43. The van der Waals surface area contributed by atoms with E-state index in [1.807, 2.05) is 11.0 Å². The second kappa shape index (κ2) is 6.32. The lowest BCUT2D eigenvalue weighted by Crippen LogP contribution is -2.37. The van der Waals surface area contributed by atoms with Crippen molar-refractivity contribution in [2.24, 2.45) is 23.7 Å². The van der Waals surface area contributed by atoms with Crippen molar-refractivity contribution in [1.82, 2.24) is 4.90 Å². The van der Waals surface area contributed by atoms with Gasteiger partial charge >= 0.3 is 0 Å². The summed E-state index contributed by atoms with van der Waals surface area (Å²) in [5.74, 6) is -0.449. The Bertz CT molecular complexity index is 808. The van der Waals surface area contributed by atoms with Gasteiger partial charge in [0.25, 0.3) is 5.91 Å². The number of nitrogens with zero attached hydrogens (tertiary/aromatic N) is 2. The molecule has 5 rings (SSSR count).